The van der Waals surface area contributed by atoms with Crippen molar-refractivity contribution < 1.29 is 18.0 Å². The molecule has 0 bridgehead atoms. The molecule has 1 nitrogen and oxygen atoms in total. The molecule has 1 unspecified atom stereocenters. The van der Waals surface area contributed by atoms with E-state index in [2.05, 4.69) is 15.9 Å². The van der Waals surface area contributed by atoms with Crippen LogP contribution in [0.2, 0.25) is 0 Å². The molecule has 0 aromatic heterocycles. The topological polar surface area (TPSA) is 17.1 Å². The highest BCUT2D eigenvalue weighted by atomic mass is 127. The fraction of sp³-hybridized carbons (Fsp3) is 0.300. The van der Waals surface area contributed by atoms with E-state index in [1.54, 1.807) is 13.0 Å². The number of hydrogen-bond acceptors (Lipinski definition) is 2. The number of Topliss-reactive ketones (excluding diaryl/α,β-unsaturated/α-hetero) is 1. The van der Waals surface area contributed by atoms with Crippen molar-refractivity contribution in [2.24, 2.45) is 0 Å². The summed E-state index contributed by atoms with van der Waals surface area (Å²) in [7, 11) is 0. The molecule has 0 N–H and O–H groups in total. The number of hydrogen-bond donors (Lipinski definition) is 0. The first-order chi connectivity index (χ1) is 7.69. The molecule has 0 spiro atoms. The van der Waals surface area contributed by atoms with Gasteiger partial charge in [0.05, 0.1) is 4.83 Å². The second-order valence-electron chi connectivity index (χ2n) is 3.20. The number of carbonyl (C=O) groups excluding carboxylic acids is 1. The molecule has 94 valence electrons. The zero-order valence-electron chi connectivity index (χ0n) is 8.52. The van der Waals surface area contributed by atoms with Crippen molar-refractivity contribution in [2.75, 3.05) is 0 Å². The molecule has 0 fully saturated rings. The van der Waals surface area contributed by atoms with Crippen molar-refractivity contribution >= 4 is 56.1 Å². The number of halogens is 5. The first kappa shape index (κ1) is 15.3. The van der Waals surface area contributed by atoms with E-state index in [0.717, 1.165) is 0 Å². The van der Waals surface area contributed by atoms with E-state index in [0.29, 0.717) is 3.57 Å². The van der Waals surface area contributed by atoms with Gasteiger partial charge in [-0.2, -0.15) is 13.2 Å². The molecule has 1 aromatic carbocycles. The second-order valence-corrected chi connectivity index (χ2v) is 6.96. The Labute approximate surface area is 123 Å². The molecule has 0 amide bonds. The normalized spacial score (nSPS) is 13.5. The Balaban J connectivity index is 3.07. The van der Waals surface area contributed by atoms with Gasteiger partial charge in [-0.3, -0.25) is 4.79 Å². The monoisotopic (exact) mass is 438 g/mol. The molecule has 0 saturated carbocycles. The molecule has 1 rings (SSSR count). The van der Waals surface area contributed by atoms with Gasteiger partial charge >= 0.3 is 5.51 Å². The van der Waals surface area contributed by atoms with E-state index in [1.807, 2.05) is 22.6 Å². The fourth-order valence-corrected chi connectivity index (χ4v) is 2.91. The van der Waals surface area contributed by atoms with Gasteiger partial charge in [-0.15, -0.1) is 0 Å². The lowest BCUT2D eigenvalue weighted by atomic mass is 10.1. The maximum Gasteiger partial charge on any atom is 0.446 e. The quantitative estimate of drug-likeness (QED) is 0.290. The van der Waals surface area contributed by atoms with Crippen LogP contribution in [-0.2, 0) is 0 Å². The van der Waals surface area contributed by atoms with Gasteiger partial charge in [-0.05, 0) is 59.5 Å². The standard InChI is InChI=1S/C10H7BrF3IOS/c1-5(11)9(16)6-2-7(15)4-8(3-6)17-10(12,13)14/h2-5H,1H3. The fourth-order valence-electron chi connectivity index (χ4n) is 1.13. The van der Waals surface area contributed by atoms with E-state index < -0.39 is 10.3 Å². The van der Waals surface area contributed by atoms with Gasteiger partial charge in [0.25, 0.3) is 0 Å². The van der Waals surface area contributed by atoms with Crippen molar-refractivity contribution in [1.29, 1.82) is 0 Å². The smallest absolute Gasteiger partial charge is 0.293 e. The lowest BCUT2D eigenvalue weighted by molar-refractivity contribution is -0.0328. The molecular formula is C10H7BrF3IOS. The summed E-state index contributed by atoms with van der Waals surface area (Å²) in [5.74, 6) is -0.229. The zero-order chi connectivity index (χ0) is 13.2. The summed E-state index contributed by atoms with van der Waals surface area (Å²) >= 11 is 4.78. The molecule has 17 heavy (non-hydrogen) atoms. The average Bonchev–Trinajstić information content (AvgIpc) is 2.12. The first-order valence-corrected chi connectivity index (χ1v) is 7.25. The molecule has 1 aromatic rings. The predicted octanol–water partition coefficient (Wildman–Crippen LogP) is 4.87. The van der Waals surface area contributed by atoms with Crippen LogP contribution in [0.5, 0.6) is 0 Å². The summed E-state index contributed by atoms with van der Waals surface area (Å²) in [4.78, 5) is 11.3. The Kier molecular flexibility index (Phi) is 5.33. The summed E-state index contributed by atoms with van der Waals surface area (Å²) in [5.41, 5.74) is -4.06. The predicted molar refractivity (Wildman–Crippen MR) is 73.8 cm³/mol. The van der Waals surface area contributed by atoms with Crippen LogP contribution >= 0.6 is 50.3 Å². The minimum Gasteiger partial charge on any atom is -0.293 e. The van der Waals surface area contributed by atoms with E-state index in [1.165, 1.54) is 12.1 Å². The third-order valence-corrected chi connectivity index (χ3v) is 3.49. The van der Waals surface area contributed by atoms with Crippen LogP contribution in [0.4, 0.5) is 13.2 Å². The summed E-state index contributed by atoms with van der Waals surface area (Å²) in [5, 5.41) is 0. The van der Waals surface area contributed by atoms with Crippen LogP contribution in [0.1, 0.15) is 17.3 Å². The Bertz CT molecular complexity index is 434. The van der Waals surface area contributed by atoms with Crippen molar-refractivity contribution in [2.45, 2.75) is 22.2 Å². The summed E-state index contributed by atoms with van der Waals surface area (Å²) in [6.45, 7) is 1.64. The number of carbonyl (C=O) groups is 1. The molecule has 7 heteroatoms. The highest BCUT2D eigenvalue weighted by Gasteiger charge is 2.29. The number of alkyl halides is 4. The highest BCUT2D eigenvalue weighted by Crippen LogP contribution is 2.37. The molecular weight excluding hydrogens is 432 g/mol. The number of ketones is 1. The zero-order valence-corrected chi connectivity index (χ0v) is 13.1. The van der Waals surface area contributed by atoms with Crippen LogP contribution in [0.25, 0.3) is 0 Å². The molecule has 0 aliphatic carbocycles. The van der Waals surface area contributed by atoms with Gasteiger partial charge in [0.2, 0.25) is 0 Å². The van der Waals surface area contributed by atoms with E-state index in [-0.39, 0.29) is 28.0 Å². The highest BCUT2D eigenvalue weighted by molar-refractivity contribution is 14.1. The van der Waals surface area contributed by atoms with Gasteiger partial charge in [-0.1, -0.05) is 15.9 Å². The maximum absolute atomic E-state index is 12.2. The van der Waals surface area contributed by atoms with Crippen molar-refractivity contribution in [3.05, 3.63) is 27.3 Å². The number of thioether (sulfide) groups is 1. The first-order valence-electron chi connectivity index (χ1n) is 4.43. The number of benzene rings is 1. The van der Waals surface area contributed by atoms with Crippen LogP contribution in [0, 0.1) is 3.57 Å². The maximum atomic E-state index is 12.2. The molecule has 0 saturated heterocycles. The van der Waals surface area contributed by atoms with E-state index in [9.17, 15) is 18.0 Å². The van der Waals surface area contributed by atoms with Gasteiger partial charge in [-0.25, -0.2) is 0 Å². The molecule has 0 aliphatic heterocycles. The van der Waals surface area contributed by atoms with Crippen molar-refractivity contribution in [3.8, 4) is 0 Å². The van der Waals surface area contributed by atoms with Crippen molar-refractivity contribution in [1.82, 2.24) is 0 Å². The lowest BCUT2D eigenvalue weighted by Crippen LogP contribution is -2.10. The van der Waals surface area contributed by atoms with Crippen LogP contribution in [0.15, 0.2) is 23.1 Å². The Morgan fingerprint density at radius 2 is 2.00 bits per heavy atom. The van der Waals surface area contributed by atoms with Gasteiger partial charge in [0, 0.05) is 14.0 Å². The average molecular weight is 439 g/mol. The SMILES string of the molecule is CC(Br)C(=O)c1cc(I)cc(SC(F)(F)F)c1. The third-order valence-electron chi connectivity index (χ3n) is 1.75. The van der Waals surface area contributed by atoms with Crippen molar-refractivity contribution in [3.63, 3.8) is 0 Å². The van der Waals surface area contributed by atoms with Gasteiger partial charge in [0.1, 0.15) is 0 Å². The lowest BCUT2D eigenvalue weighted by Gasteiger charge is -2.09. The molecule has 0 aliphatic rings. The summed E-state index contributed by atoms with van der Waals surface area (Å²) < 4.78 is 37.3. The van der Waals surface area contributed by atoms with Crippen LogP contribution in [0.3, 0.4) is 0 Å². The number of rotatable bonds is 3. The van der Waals surface area contributed by atoms with E-state index >= 15 is 0 Å². The van der Waals surface area contributed by atoms with Crippen LogP contribution < -0.4 is 0 Å². The van der Waals surface area contributed by atoms with Gasteiger partial charge in [0.15, 0.2) is 5.78 Å². The minimum absolute atomic E-state index is 0.0286. The molecule has 0 radical (unpaired) electrons. The molecule has 0 heterocycles. The largest absolute Gasteiger partial charge is 0.446 e. The van der Waals surface area contributed by atoms with Crippen LogP contribution in [-0.4, -0.2) is 16.1 Å². The Morgan fingerprint density at radius 1 is 1.41 bits per heavy atom. The second kappa shape index (κ2) is 5.92. The Hall–Kier alpha value is 0.240. The minimum atomic E-state index is -4.34. The van der Waals surface area contributed by atoms with Gasteiger partial charge < -0.3 is 0 Å². The Morgan fingerprint density at radius 3 is 2.47 bits per heavy atom. The summed E-state index contributed by atoms with van der Waals surface area (Å²) in [6.07, 6.45) is 0. The van der Waals surface area contributed by atoms with E-state index in [4.69, 9.17) is 0 Å². The molecule has 1 atom stereocenters. The summed E-state index contributed by atoms with van der Waals surface area (Å²) in [6, 6.07) is 4.23. The third kappa shape index (κ3) is 5.17.